The molecule has 1 fully saturated rings. The molecule has 0 radical (unpaired) electrons. The van der Waals surface area contributed by atoms with Crippen molar-refractivity contribution in [1.29, 1.82) is 0 Å². The number of amides is 1. The SMILES string of the molecule is Cc1cc(-c2ccc(C(C)N3CCC(CCCO)OC3=O)cc2)ccn1.Fc1ccccc1. The van der Waals surface area contributed by atoms with E-state index in [4.69, 9.17) is 9.84 Å². The minimum absolute atomic E-state index is 0.0329. The molecule has 174 valence electrons. The first kappa shape index (κ1) is 24.4. The van der Waals surface area contributed by atoms with Crippen molar-refractivity contribution in [3.05, 3.63) is 90.0 Å². The predicted octanol–water partition coefficient (Wildman–Crippen LogP) is 5.93. The molecular weight excluding hydrogens is 419 g/mol. The molecule has 5 nitrogen and oxygen atoms in total. The number of halogens is 1. The number of hydrogen-bond acceptors (Lipinski definition) is 4. The zero-order chi connectivity index (χ0) is 23.6. The van der Waals surface area contributed by atoms with Crippen molar-refractivity contribution in [3.8, 4) is 11.1 Å². The first-order chi connectivity index (χ1) is 16.0. The molecule has 33 heavy (non-hydrogen) atoms. The smallest absolute Gasteiger partial charge is 0.410 e. The summed E-state index contributed by atoms with van der Waals surface area (Å²) in [5.41, 5.74) is 4.36. The van der Waals surface area contributed by atoms with Gasteiger partial charge in [-0.15, -0.1) is 0 Å². The summed E-state index contributed by atoms with van der Waals surface area (Å²) < 4.78 is 17.4. The van der Waals surface area contributed by atoms with Gasteiger partial charge in [-0.05, 0) is 67.6 Å². The maximum Gasteiger partial charge on any atom is 0.410 e. The molecule has 6 heteroatoms. The van der Waals surface area contributed by atoms with Crippen molar-refractivity contribution in [2.24, 2.45) is 0 Å². The van der Waals surface area contributed by atoms with Crippen LogP contribution in [0.3, 0.4) is 0 Å². The Morgan fingerprint density at radius 2 is 1.85 bits per heavy atom. The first-order valence-electron chi connectivity index (χ1n) is 11.3. The highest BCUT2D eigenvalue weighted by Crippen LogP contribution is 2.28. The Hall–Kier alpha value is -3.25. The van der Waals surface area contributed by atoms with Crippen molar-refractivity contribution >= 4 is 6.09 Å². The molecule has 1 aliphatic heterocycles. The number of benzene rings is 2. The number of aromatic nitrogens is 1. The molecule has 0 bridgehead atoms. The van der Waals surface area contributed by atoms with Crippen molar-refractivity contribution in [3.63, 3.8) is 0 Å². The Morgan fingerprint density at radius 3 is 2.42 bits per heavy atom. The normalized spacial score (nSPS) is 16.4. The Morgan fingerprint density at radius 1 is 1.12 bits per heavy atom. The molecule has 1 N–H and O–H groups in total. The van der Waals surface area contributed by atoms with E-state index < -0.39 is 0 Å². The quantitative estimate of drug-likeness (QED) is 0.506. The van der Waals surface area contributed by atoms with Crippen LogP contribution < -0.4 is 0 Å². The number of nitrogens with zero attached hydrogens (tertiary/aromatic N) is 2. The third kappa shape index (κ3) is 7.12. The monoisotopic (exact) mass is 450 g/mol. The molecule has 0 aliphatic carbocycles. The molecule has 0 spiro atoms. The van der Waals surface area contributed by atoms with E-state index in [9.17, 15) is 9.18 Å². The highest BCUT2D eigenvalue weighted by atomic mass is 19.1. The number of carbonyl (C=O) groups is 1. The number of ether oxygens (including phenoxy) is 1. The number of cyclic esters (lactones) is 1. The second-order valence-electron chi connectivity index (χ2n) is 8.13. The van der Waals surface area contributed by atoms with Gasteiger partial charge in [0.25, 0.3) is 0 Å². The lowest BCUT2D eigenvalue weighted by Crippen LogP contribution is -2.43. The molecule has 2 aromatic carbocycles. The minimum atomic E-state index is -0.263. The number of carbonyl (C=O) groups excluding carboxylic acids is 1. The zero-order valence-corrected chi connectivity index (χ0v) is 19.2. The second kappa shape index (κ2) is 12.1. The van der Waals surface area contributed by atoms with Gasteiger partial charge in [-0.1, -0.05) is 42.5 Å². The third-order valence-corrected chi connectivity index (χ3v) is 5.70. The Bertz CT molecular complexity index is 1010. The lowest BCUT2D eigenvalue weighted by molar-refractivity contribution is 0.00760. The topological polar surface area (TPSA) is 62.7 Å². The number of rotatable bonds is 6. The van der Waals surface area contributed by atoms with Crippen LogP contribution in [0.5, 0.6) is 0 Å². The number of hydrogen-bond donors (Lipinski definition) is 1. The second-order valence-corrected chi connectivity index (χ2v) is 8.13. The van der Waals surface area contributed by atoms with Gasteiger partial charge < -0.3 is 14.7 Å². The summed E-state index contributed by atoms with van der Waals surface area (Å²) in [6.07, 6.45) is 3.69. The standard InChI is InChI=1S/C21H26N2O3.C6H5F/c1-15-14-19(9-11-22-15)18-7-5-17(6-8-18)16(2)23-12-10-20(4-3-13-24)26-21(23)25;7-6-4-2-1-3-5-6/h5-9,11,14,16,20,24H,3-4,10,12-13H2,1-2H3;1-5H. The molecule has 0 saturated carbocycles. The molecule has 4 rings (SSSR count). The lowest BCUT2D eigenvalue weighted by Gasteiger charge is -2.35. The number of aliphatic hydroxyl groups excluding tert-OH is 1. The molecule has 1 aliphatic rings. The molecule has 1 amide bonds. The summed E-state index contributed by atoms with van der Waals surface area (Å²) >= 11 is 0. The maximum atomic E-state index is 12.3. The van der Waals surface area contributed by atoms with E-state index in [0.717, 1.165) is 35.2 Å². The summed E-state index contributed by atoms with van der Waals surface area (Å²) in [5, 5.41) is 8.92. The fraction of sp³-hybridized carbons (Fsp3) is 0.333. The predicted molar refractivity (Wildman–Crippen MR) is 127 cm³/mol. The molecule has 2 atom stereocenters. The van der Waals surface area contributed by atoms with Gasteiger partial charge in [0, 0.05) is 31.5 Å². The van der Waals surface area contributed by atoms with Crippen LogP contribution >= 0.6 is 0 Å². The van der Waals surface area contributed by atoms with E-state index in [1.807, 2.05) is 26.1 Å². The highest BCUT2D eigenvalue weighted by Gasteiger charge is 2.30. The molecule has 2 heterocycles. The van der Waals surface area contributed by atoms with Crippen LogP contribution in [0.4, 0.5) is 9.18 Å². The van der Waals surface area contributed by atoms with Gasteiger partial charge in [0.1, 0.15) is 11.9 Å². The summed E-state index contributed by atoms with van der Waals surface area (Å²) in [6.45, 7) is 4.83. The van der Waals surface area contributed by atoms with Crippen molar-refractivity contribution in [2.45, 2.75) is 45.3 Å². The van der Waals surface area contributed by atoms with Gasteiger partial charge >= 0.3 is 6.09 Å². The van der Waals surface area contributed by atoms with E-state index in [1.54, 1.807) is 23.1 Å². The van der Waals surface area contributed by atoms with Gasteiger partial charge in [-0.3, -0.25) is 4.98 Å². The van der Waals surface area contributed by atoms with Gasteiger partial charge in [0.2, 0.25) is 0 Å². The fourth-order valence-corrected chi connectivity index (χ4v) is 3.79. The van der Waals surface area contributed by atoms with E-state index in [2.05, 4.69) is 35.3 Å². The van der Waals surface area contributed by atoms with Crippen molar-refractivity contribution in [2.75, 3.05) is 13.2 Å². The summed E-state index contributed by atoms with van der Waals surface area (Å²) in [6, 6.07) is 20.3. The molecular formula is C27H31FN2O3. The Kier molecular flexibility index (Phi) is 8.95. The number of aryl methyl sites for hydroxylation is 1. The largest absolute Gasteiger partial charge is 0.446 e. The average molecular weight is 451 g/mol. The van der Waals surface area contributed by atoms with E-state index in [-0.39, 0.29) is 30.7 Å². The Balaban J connectivity index is 0.000000374. The van der Waals surface area contributed by atoms with Gasteiger partial charge in [-0.2, -0.15) is 0 Å². The Labute approximate surface area is 194 Å². The van der Waals surface area contributed by atoms with Crippen LogP contribution in [0.25, 0.3) is 11.1 Å². The minimum Gasteiger partial charge on any atom is -0.446 e. The van der Waals surface area contributed by atoms with E-state index in [1.165, 1.54) is 12.1 Å². The first-order valence-corrected chi connectivity index (χ1v) is 11.3. The molecule has 2 unspecified atom stereocenters. The molecule has 1 saturated heterocycles. The summed E-state index contributed by atoms with van der Waals surface area (Å²) in [5.74, 6) is -0.178. The zero-order valence-electron chi connectivity index (χ0n) is 19.2. The summed E-state index contributed by atoms with van der Waals surface area (Å²) in [4.78, 5) is 18.4. The maximum absolute atomic E-state index is 12.3. The molecule has 3 aromatic rings. The van der Waals surface area contributed by atoms with Crippen LogP contribution in [0.1, 0.15) is 43.5 Å². The number of aliphatic hydroxyl groups is 1. The van der Waals surface area contributed by atoms with Gasteiger partial charge in [0.15, 0.2) is 0 Å². The van der Waals surface area contributed by atoms with Gasteiger partial charge in [-0.25, -0.2) is 9.18 Å². The van der Waals surface area contributed by atoms with Crippen molar-refractivity contribution < 1.29 is 19.0 Å². The average Bonchev–Trinajstić information content (AvgIpc) is 2.83. The van der Waals surface area contributed by atoms with E-state index in [0.29, 0.717) is 13.0 Å². The van der Waals surface area contributed by atoms with Crippen molar-refractivity contribution in [1.82, 2.24) is 9.88 Å². The van der Waals surface area contributed by atoms with E-state index >= 15 is 0 Å². The van der Waals surface area contributed by atoms with Crippen LogP contribution in [0, 0.1) is 12.7 Å². The van der Waals surface area contributed by atoms with Gasteiger partial charge in [0.05, 0.1) is 6.04 Å². The highest BCUT2D eigenvalue weighted by molar-refractivity contribution is 5.69. The summed E-state index contributed by atoms with van der Waals surface area (Å²) in [7, 11) is 0. The molecule has 1 aromatic heterocycles. The lowest BCUT2D eigenvalue weighted by atomic mass is 10.0. The van der Waals surface area contributed by atoms with Crippen LogP contribution in [-0.2, 0) is 4.74 Å². The fourth-order valence-electron chi connectivity index (χ4n) is 3.79. The van der Waals surface area contributed by atoms with Crippen LogP contribution in [0.2, 0.25) is 0 Å². The number of pyridine rings is 1. The van der Waals surface area contributed by atoms with Crippen LogP contribution in [-0.4, -0.2) is 40.3 Å². The third-order valence-electron chi connectivity index (χ3n) is 5.70. The van der Waals surface area contributed by atoms with Crippen LogP contribution in [0.15, 0.2) is 72.9 Å².